The molecule has 0 N–H and O–H groups in total. The van der Waals surface area contributed by atoms with Crippen LogP contribution >= 0.6 is 0 Å². The predicted molar refractivity (Wildman–Crippen MR) is 56.6 cm³/mol. The number of ketones is 1. The van der Waals surface area contributed by atoms with Crippen molar-refractivity contribution in [2.24, 2.45) is 0 Å². The van der Waals surface area contributed by atoms with Gasteiger partial charge < -0.3 is 9.47 Å². The van der Waals surface area contributed by atoms with Gasteiger partial charge in [-0.05, 0) is 6.92 Å². The Morgan fingerprint density at radius 3 is 2.35 bits per heavy atom. The number of hydrogen-bond acceptors (Lipinski definition) is 6. The molecule has 0 rings (SSSR count). The zero-order valence-corrected chi connectivity index (χ0v) is 9.52. The Bertz CT molecular complexity index is 367. The van der Waals surface area contributed by atoms with Crippen LogP contribution in [-0.2, 0) is 23.9 Å². The van der Waals surface area contributed by atoms with E-state index < -0.39 is 24.1 Å². The third kappa shape index (κ3) is 7.73. The average Bonchev–Trinajstić information content (AvgIpc) is 2.24. The van der Waals surface area contributed by atoms with Gasteiger partial charge in [0, 0.05) is 5.57 Å². The Morgan fingerprint density at radius 2 is 1.82 bits per heavy atom. The molecular weight excluding hydrogens is 226 g/mol. The van der Waals surface area contributed by atoms with Crippen molar-refractivity contribution < 1.29 is 23.9 Å². The van der Waals surface area contributed by atoms with Gasteiger partial charge in [-0.2, -0.15) is 5.26 Å². The number of Topliss-reactive ketones (excluding diaryl/α,β-unsaturated/α-hetero) is 1. The quantitative estimate of drug-likeness (QED) is 0.278. The number of nitriles is 1. The number of carbonyl (C=O) groups is 3. The van der Waals surface area contributed by atoms with Crippen LogP contribution in [-0.4, -0.2) is 30.9 Å². The molecule has 0 aliphatic rings. The highest BCUT2D eigenvalue weighted by atomic mass is 16.6. The van der Waals surface area contributed by atoms with Crippen LogP contribution in [0.5, 0.6) is 0 Å². The minimum atomic E-state index is -0.739. The lowest BCUT2D eigenvalue weighted by Gasteiger charge is -2.05. The van der Waals surface area contributed by atoms with E-state index in [0.717, 1.165) is 0 Å². The van der Waals surface area contributed by atoms with E-state index in [1.165, 1.54) is 6.92 Å². The van der Waals surface area contributed by atoms with E-state index in [2.05, 4.69) is 16.1 Å². The SMILES string of the molecule is C=C(C)C(=O)OCCOC(=O)CC(=O)CC#N. The van der Waals surface area contributed by atoms with Crippen molar-refractivity contribution in [2.45, 2.75) is 19.8 Å². The molecule has 0 aliphatic heterocycles. The number of rotatable bonds is 7. The van der Waals surface area contributed by atoms with Gasteiger partial charge >= 0.3 is 11.9 Å². The van der Waals surface area contributed by atoms with Crippen LogP contribution in [0.3, 0.4) is 0 Å². The van der Waals surface area contributed by atoms with E-state index in [-0.39, 0.29) is 25.2 Å². The second-order valence-corrected chi connectivity index (χ2v) is 3.19. The molecule has 0 aromatic heterocycles. The van der Waals surface area contributed by atoms with Gasteiger partial charge in [0.15, 0.2) is 5.78 Å². The molecule has 6 nitrogen and oxygen atoms in total. The van der Waals surface area contributed by atoms with Gasteiger partial charge in [-0.25, -0.2) is 4.79 Å². The van der Waals surface area contributed by atoms with Crippen molar-refractivity contribution in [1.82, 2.24) is 0 Å². The van der Waals surface area contributed by atoms with E-state index in [9.17, 15) is 14.4 Å². The Kier molecular flexibility index (Phi) is 7.02. The average molecular weight is 239 g/mol. The lowest BCUT2D eigenvalue weighted by molar-refractivity contribution is -0.151. The highest BCUT2D eigenvalue weighted by molar-refractivity contribution is 5.96. The fraction of sp³-hybridized carbons (Fsp3) is 0.455. The molecule has 0 aromatic carbocycles. The summed E-state index contributed by atoms with van der Waals surface area (Å²) in [6.45, 7) is 4.65. The smallest absolute Gasteiger partial charge is 0.333 e. The molecular formula is C11H13NO5. The van der Waals surface area contributed by atoms with Crippen molar-refractivity contribution in [2.75, 3.05) is 13.2 Å². The monoisotopic (exact) mass is 239 g/mol. The normalized spacial score (nSPS) is 8.94. The molecule has 0 fully saturated rings. The summed E-state index contributed by atoms with van der Waals surface area (Å²) >= 11 is 0. The van der Waals surface area contributed by atoms with Gasteiger partial charge in [0.1, 0.15) is 19.6 Å². The largest absolute Gasteiger partial charge is 0.462 e. The Balaban J connectivity index is 3.66. The van der Waals surface area contributed by atoms with Crippen molar-refractivity contribution in [3.05, 3.63) is 12.2 Å². The first-order chi connectivity index (χ1) is 7.97. The summed E-state index contributed by atoms with van der Waals surface area (Å²) in [5, 5.41) is 8.19. The lowest BCUT2D eigenvalue weighted by atomic mass is 10.2. The maximum Gasteiger partial charge on any atom is 0.333 e. The molecule has 17 heavy (non-hydrogen) atoms. The minimum Gasteiger partial charge on any atom is -0.462 e. The molecule has 92 valence electrons. The van der Waals surface area contributed by atoms with E-state index in [1.807, 2.05) is 0 Å². The molecule has 0 amide bonds. The molecule has 0 heterocycles. The second-order valence-electron chi connectivity index (χ2n) is 3.19. The fourth-order valence-electron chi connectivity index (χ4n) is 0.776. The van der Waals surface area contributed by atoms with Gasteiger partial charge in [-0.3, -0.25) is 9.59 Å². The zero-order chi connectivity index (χ0) is 13.3. The number of carbonyl (C=O) groups excluding carboxylic acids is 3. The molecule has 0 saturated carbocycles. The standard InChI is InChI=1S/C11H13NO5/c1-8(2)11(15)17-6-5-16-10(14)7-9(13)3-4-12/h1,3,5-7H2,2H3. The Morgan fingerprint density at radius 1 is 1.24 bits per heavy atom. The molecule has 0 aliphatic carbocycles. The fourth-order valence-corrected chi connectivity index (χ4v) is 0.776. The van der Waals surface area contributed by atoms with Crippen LogP contribution < -0.4 is 0 Å². The molecule has 0 saturated heterocycles. The van der Waals surface area contributed by atoms with Crippen molar-refractivity contribution >= 4 is 17.7 Å². The summed E-state index contributed by atoms with van der Waals surface area (Å²) in [5.74, 6) is -1.81. The second kappa shape index (κ2) is 8.05. The molecule has 0 spiro atoms. The highest BCUT2D eigenvalue weighted by Gasteiger charge is 2.10. The van der Waals surface area contributed by atoms with Crippen LogP contribution in [0, 0.1) is 11.3 Å². The van der Waals surface area contributed by atoms with E-state index >= 15 is 0 Å². The first-order valence-corrected chi connectivity index (χ1v) is 4.84. The highest BCUT2D eigenvalue weighted by Crippen LogP contribution is 1.94. The van der Waals surface area contributed by atoms with Crippen molar-refractivity contribution in [3.8, 4) is 6.07 Å². The van der Waals surface area contributed by atoms with E-state index in [1.54, 1.807) is 6.07 Å². The summed E-state index contributed by atoms with van der Waals surface area (Å²) in [6, 6.07) is 1.63. The molecule has 6 heteroatoms. The van der Waals surface area contributed by atoms with Crippen LogP contribution in [0.25, 0.3) is 0 Å². The molecule has 0 radical (unpaired) electrons. The lowest BCUT2D eigenvalue weighted by Crippen LogP contribution is -2.16. The summed E-state index contributed by atoms with van der Waals surface area (Å²) in [4.78, 5) is 32.8. The van der Waals surface area contributed by atoms with Gasteiger partial charge in [0.2, 0.25) is 0 Å². The first kappa shape index (κ1) is 14.8. The van der Waals surface area contributed by atoms with Crippen LogP contribution in [0.4, 0.5) is 0 Å². The molecule has 0 atom stereocenters. The molecule has 0 aromatic rings. The third-order valence-electron chi connectivity index (χ3n) is 1.55. The predicted octanol–water partition coefficient (Wildman–Crippen LogP) is 0.522. The van der Waals surface area contributed by atoms with E-state index in [4.69, 9.17) is 5.26 Å². The van der Waals surface area contributed by atoms with Crippen molar-refractivity contribution in [3.63, 3.8) is 0 Å². The minimum absolute atomic E-state index is 0.0934. The summed E-state index contributed by atoms with van der Waals surface area (Å²) in [5.41, 5.74) is 0.250. The van der Waals surface area contributed by atoms with Crippen molar-refractivity contribution in [1.29, 1.82) is 5.26 Å². The third-order valence-corrected chi connectivity index (χ3v) is 1.55. The number of ether oxygens (including phenoxy) is 2. The van der Waals surface area contributed by atoms with E-state index in [0.29, 0.717) is 0 Å². The van der Waals surface area contributed by atoms with Gasteiger partial charge in [0.05, 0.1) is 12.5 Å². The van der Waals surface area contributed by atoms with Crippen LogP contribution in [0.2, 0.25) is 0 Å². The van der Waals surface area contributed by atoms with Gasteiger partial charge in [-0.1, -0.05) is 6.58 Å². The zero-order valence-electron chi connectivity index (χ0n) is 9.52. The van der Waals surface area contributed by atoms with Crippen LogP contribution in [0.15, 0.2) is 12.2 Å². The first-order valence-electron chi connectivity index (χ1n) is 4.84. The van der Waals surface area contributed by atoms with Gasteiger partial charge in [0.25, 0.3) is 0 Å². The molecule has 0 bridgehead atoms. The Hall–Kier alpha value is -2.16. The molecule has 0 unspecified atom stereocenters. The summed E-state index contributed by atoms with van der Waals surface area (Å²) in [6.07, 6.45) is -0.762. The van der Waals surface area contributed by atoms with Crippen LogP contribution in [0.1, 0.15) is 19.8 Å². The Labute approximate surface area is 98.8 Å². The summed E-state index contributed by atoms with van der Waals surface area (Å²) in [7, 11) is 0. The number of esters is 2. The number of nitrogens with zero attached hydrogens (tertiary/aromatic N) is 1. The topological polar surface area (TPSA) is 93.5 Å². The number of hydrogen-bond donors (Lipinski definition) is 0. The van der Waals surface area contributed by atoms with Gasteiger partial charge in [-0.15, -0.1) is 0 Å². The maximum atomic E-state index is 11.0. The summed E-state index contributed by atoms with van der Waals surface area (Å²) < 4.78 is 9.27. The maximum absolute atomic E-state index is 11.0.